The number of amides is 1. The highest BCUT2D eigenvalue weighted by atomic mass is 16.5. The predicted molar refractivity (Wildman–Crippen MR) is 104 cm³/mol. The number of hydrogen-bond donors (Lipinski definition) is 2. The summed E-state index contributed by atoms with van der Waals surface area (Å²) in [5.41, 5.74) is 3.73. The number of nitrogens with zero attached hydrogens (tertiary/aromatic N) is 1. The summed E-state index contributed by atoms with van der Waals surface area (Å²) in [6.07, 6.45) is 3.07. The summed E-state index contributed by atoms with van der Waals surface area (Å²) in [5, 5.41) is 5.96. The van der Waals surface area contributed by atoms with Crippen molar-refractivity contribution >= 4 is 28.9 Å². The number of methoxy groups -OCH3 is 1. The lowest BCUT2D eigenvalue weighted by atomic mass is 10.1. The minimum Gasteiger partial charge on any atom is -0.465 e. The lowest BCUT2D eigenvalue weighted by Gasteiger charge is -2.11. The molecule has 27 heavy (non-hydrogen) atoms. The molecule has 136 valence electrons. The monoisotopic (exact) mass is 361 g/mol. The van der Waals surface area contributed by atoms with Crippen molar-refractivity contribution in [1.29, 1.82) is 0 Å². The highest BCUT2D eigenvalue weighted by Gasteiger charge is 2.12. The van der Waals surface area contributed by atoms with Crippen molar-refractivity contribution in [1.82, 2.24) is 4.98 Å². The lowest BCUT2D eigenvalue weighted by molar-refractivity contribution is 0.0601. The first-order chi connectivity index (χ1) is 13.1. The van der Waals surface area contributed by atoms with Gasteiger partial charge in [-0.3, -0.25) is 9.78 Å². The minimum absolute atomic E-state index is 0.266. The number of para-hydroxylation sites is 1. The highest BCUT2D eigenvalue weighted by Crippen LogP contribution is 2.22. The fraction of sp³-hybridized carbons (Fsp3) is 0.0952. The van der Waals surface area contributed by atoms with E-state index in [9.17, 15) is 9.59 Å². The molecule has 0 bridgehead atoms. The fourth-order valence-electron chi connectivity index (χ4n) is 2.59. The van der Waals surface area contributed by atoms with Crippen molar-refractivity contribution in [3.63, 3.8) is 0 Å². The Morgan fingerprint density at radius 3 is 2.56 bits per heavy atom. The molecule has 6 nitrogen and oxygen atoms in total. The molecule has 0 saturated carbocycles. The molecule has 0 unspecified atom stereocenters. The van der Waals surface area contributed by atoms with Crippen LogP contribution >= 0.6 is 0 Å². The number of nitrogens with one attached hydrogen (secondary N) is 2. The number of carbonyl (C=O) groups is 2. The summed E-state index contributed by atoms with van der Waals surface area (Å²) in [5.74, 6) is -0.711. The van der Waals surface area contributed by atoms with Gasteiger partial charge in [0, 0.05) is 11.9 Å². The average Bonchev–Trinajstić information content (AvgIpc) is 2.68. The molecule has 0 saturated heterocycles. The van der Waals surface area contributed by atoms with E-state index in [4.69, 9.17) is 4.74 Å². The SMILES string of the molecule is COC(=O)c1ccccc1Nc1cncc(C(=O)Nc2cccc(C)c2)c1. The zero-order valence-electron chi connectivity index (χ0n) is 15.0. The number of hydrogen-bond acceptors (Lipinski definition) is 5. The van der Waals surface area contributed by atoms with E-state index in [0.717, 1.165) is 11.3 Å². The van der Waals surface area contributed by atoms with E-state index < -0.39 is 5.97 Å². The molecule has 2 N–H and O–H groups in total. The van der Waals surface area contributed by atoms with Gasteiger partial charge in [-0.05, 0) is 42.8 Å². The maximum atomic E-state index is 12.5. The molecule has 1 amide bonds. The average molecular weight is 361 g/mol. The van der Waals surface area contributed by atoms with Crippen molar-refractivity contribution < 1.29 is 14.3 Å². The summed E-state index contributed by atoms with van der Waals surface area (Å²) in [6, 6.07) is 16.2. The first-order valence-corrected chi connectivity index (χ1v) is 8.34. The van der Waals surface area contributed by atoms with E-state index >= 15 is 0 Å². The summed E-state index contributed by atoms with van der Waals surface area (Å²) in [6.45, 7) is 1.96. The Morgan fingerprint density at radius 2 is 1.78 bits per heavy atom. The maximum absolute atomic E-state index is 12.5. The third kappa shape index (κ3) is 4.49. The molecule has 1 aromatic heterocycles. The van der Waals surface area contributed by atoms with Crippen molar-refractivity contribution in [2.75, 3.05) is 17.7 Å². The number of aryl methyl sites for hydroxylation is 1. The Kier molecular flexibility index (Phi) is 5.47. The topological polar surface area (TPSA) is 80.3 Å². The number of carbonyl (C=O) groups excluding carboxylic acids is 2. The van der Waals surface area contributed by atoms with Crippen LogP contribution in [0, 0.1) is 6.92 Å². The molecule has 3 aromatic rings. The normalized spacial score (nSPS) is 10.1. The molecule has 0 aliphatic carbocycles. The van der Waals surface area contributed by atoms with Gasteiger partial charge in [0.2, 0.25) is 0 Å². The van der Waals surface area contributed by atoms with Gasteiger partial charge in [0.05, 0.1) is 35.8 Å². The number of anilines is 3. The molecule has 2 aromatic carbocycles. The molecule has 0 atom stereocenters. The molecule has 1 heterocycles. The number of aromatic nitrogens is 1. The van der Waals surface area contributed by atoms with Crippen LogP contribution in [0.2, 0.25) is 0 Å². The predicted octanol–water partition coefficient (Wildman–Crippen LogP) is 4.17. The second-order valence-corrected chi connectivity index (χ2v) is 5.95. The molecular weight excluding hydrogens is 342 g/mol. The second kappa shape index (κ2) is 8.14. The quantitative estimate of drug-likeness (QED) is 0.667. The van der Waals surface area contributed by atoms with Crippen LogP contribution in [-0.4, -0.2) is 24.0 Å². The zero-order chi connectivity index (χ0) is 19.2. The molecule has 0 fully saturated rings. The van der Waals surface area contributed by atoms with Crippen LogP contribution < -0.4 is 10.6 Å². The van der Waals surface area contributed by atoms with Crippen LogP contribution in [0.5, 0.6) is 0 Å². The Bertz CT molecular complexity index is 986. The van der Waals surface area contributed by atoms with E-state index in [0.29, 0.717) is 22.5 Å². The second-order valence-electron chi connectivity index (χ2n) is 5.95. The zero-order valence-corrected chi connectivity index (χ0v) is 15.0. The number of ether oxygens (including phenoxy) is 1. The van der Waals surface area contributed by atoms with Crippen LogP contribution in [0.15, 0.2) is 67.0 Å². The first kappa shape index (κ1) is 18.1. The summed E-state index contributed by atoms with van der Waals surface area (Å²) in [4.78, 5) is 28.5. The highest BCUT2D eigenvalue weighted by molar-refractivity contribution is 6.04. The molecule has 0 spiro atoms. The number of esters is 1. The van der Waals surface area contributed by atoms with Crippen molar-refractivity contribution in [3.8, 4) is 0 Å². The van der Waals surface area contributed by atoms with Crippen LogP contribution in [0.25, 0.3) is 0 Å². The third-order valence-corrected chi connectivity index (χ3v) is 3.89. The van der Waals surface area contributed by atoms with E-state index in [1.807, 2.05) is 31.2 Å². The Morgan fingerprint density at radius 1 is 0.963 bits per heavy atom. The summed E-state index contributed by atoms with van der Waals surface area (Å²) < 4.78 is 4.79. The van der Waals surface area contributed by atoms with Gasteiger partial charge in [-0.1, -0.05) is 24.3 Å². The van der Waals surface area contributed by atoms with Gasteiger partial charge in [-0.15, -0.1) is 0 Å². The molecule has 0 aliphatic heterocycles. The van der Waals surface area contributed by atoms with Gasteiger partial charge < -0.3 is 15.4 Å². The van der Waals surface area contributed by atoms with Crippen molar-refractivity contribution in [2.45, 2.75) is 6.92 Å². The summed E-state index contributed by atoms with van der Waals surface area (Å²) >= 11 is 0. The number of rotatable bonds is 5. The van der Waals surface area contributed by atoms with E-state index in [-0.39, 0.29) is 5.91 Å². The molecule has 0 radical (unpaired) electrons. The number of benzene rings is 2. The van der Waals surface area contributed by atoms with Crippen LogP contribution in [0.3, 0.4) is 0 Å². The largest absolute Gasteiger partial charge is 0.465 e. The minimum atomic E-state index is -0.445. The van der Waals surface area contributed by atoms with Gasteiger partial charge in [0.15, 0.2) is 0 Å². The van der Waals surface area contributed by atoms with Crippen LogP contribution in [-0.2, 0) is 4.74 Å². The van der Waals surface area contributed by atoms with Crippen LogP contribution in [0.4, 0.5) is 17.1 Å². The molecule has 0 aliphatic rings. The molecule has 3 rings (SSSR count). The third-order valence-electron chi connectivity index (χ3n) is 3.89. The van der Waals surface area contributed by atoms with Crippen molar-refractivity contribution in [2.24, 2.45) is 0 Å². The van der Waals surface area contributed by atoms with Gasteiger partial charge in [-0.2, -0.15) is 0 Å². The summed E-state index contributed by atoms with van der Waals surface area (Å²) in [7, 11) is 1.33. The molecule has 6 heteroatoms. The van der Waals surface area contributed by atoms with Gasteiger partial charge in [-0.25, -0.2) is 4.79 Å². The Balaban J connectivity index is 1.80. The van der Waals surface area contributed by atoms with E-state index in [1.165, 1.54) is 13.3 Å². The maximum Gasteiger partial charge on any atom is 0.339 e. The van der Waals surface area contributed by atoms with Gasteiger partial charge >= 0.3 is 5.97 Å². The van der Waals surface area contributed by atoms with Crippen LogP contribution in [0.1, 0.15) is 26.3 Å². The molecular formula is C21H19N3O3. The first-order valence-electron chi connectivity index (χ1n) is 8.34. The Hall–Kier alpha value is -3.67. The lowest BCUT2D eigenvalue weighted by Crippen LogP contribution is -2.12. The standard InChI is InChI=1S/C21H19N3O3/c1-14-6-5-7-16(10-14)24-20(25)15-11-17(13-22-12-15)23-19-9-4-3-8-18(19)21(26)27-2/h3-13,23H,1-2H3,(H,24,25). The van der Waals surface area contributed by atoms with Gasteiger partial charge in [0.25, 0.3) is 5.91 Å². The van der Waals surface area contributed by atoms with E-state index in [2.05, 4.69) is 15.6 Å². The van der Waals surface area contributed by atoms with E-state index in [1.54, 1.807) is 36.5 Å². The van der Waals surface area contributed by atoms with Gasteiger partial charge in [0.1, 0.15) is 0 Å². The number of pyridine rings is 1. The fourth-order valence-corrected chi connectivity index (χ4v) is 2.59. The Labute approximate surface area is 157 Å². The smallest absolute Gasteiger partial charge is 0.339 e. The van der Waals surface area contributed by atoms with Crippen molar-refractivity contribution in [3.05, 3.63) is 83.7 Å².